The minimum Gasteiger partial charge on any atom is -0.328 e. The van der Waals surface area contributed by atoms with Crippen LogP contribution in [0.15, 0.2) is 24.3 Å². The summed E-state index contributed by atoms with van der Waals surface area (Å²) in [7, 11) is 0. The molecule has 2 amide bonds. The highest BCUT2D eigenvalue weighted by molar-refractivity contribution is 5.76. The lowest BCUT2D eigenvalue weighted by molar-refractivity contribution is 0.203. The van der Waals surface area contributed by atoms with Crippen molar-refractivity contribution >= 4 is 6.03 Å². The molecule has 0 bridgehead atoms. The van der Waals surface area contributed by atoms with E-state index in [1.807, 2.05) is 11.0 Å². The van der Waals surface area contributed by atoms with Crippen molar-refractivity contribution in [1.29, 1.82) is 0 Å². The Hall–Kier alpha value is -1.58. The normalized spacial score (nSPS) is 20.8. The van der Waals surface area contributed by atoms with Gasteiger partial charge in [0.2, 0.25) is 0 Å². The van der Waals surface area contributed by atoms with Crippen LogP contribution in [0.1, 0.15) is 31.2 Å². The molecule has 1 heterocycles. The van der Waals surface area contributed by atoms with E-state index >= 15 is 0 Å². The fraction of sp³-hybridized carbons (Fsp3) is 0.500. The van der Waals surface area contributed by atoms with Crippen LogP contribution in [0.3, 0.4) is 0 Å². The zero-order chi connectivity index (χ0) is 12.6. The summed E-state index contributed by atoms with van der Waals surface area (Å²) < 4.78 is 13.8. The molecule has 1 aromatic carbocycles. The maximum Gasteiger partial charge on any atom is 0.318 e. The lowest BCUT2D eigenvalue weighted by Crippen LogP contribution is -2.44. The van der Waals surface area contributed by atoms with E-state index in [1.54, 1.807) is 12.1 Å². The number of benzene rings is 1. The molecule has 0 unspecified atom stereocenters. The number of likely N-dealkylation sites (tertiary alicyclic amines) is 1. The molecule has 1 aliphatic heterocycles. The third-order valence-corrected chi connectivity index (χ3v) is 3.88. The first kappa shape index (κ1) is 11.5. The highest BCUT2D eigenvalue weighted by Crippen LogP contribution is 2.46. The molecule has 3 rings (SSSR count). The van der Waals surface area contributed by atoms with Gasteiger partial charge in [0.1, 0.15) is 5.82 Å². The van der Waals surface area contributed by atoms with Gasteiger partial charge in [-0.15, -0.1) is 0 Å². The number of hydrogen-bond donors (Lipinski definition) is 1. The van der Waals surface area contributed by atoms with E-state index in [9.17, 15) is 9.18 Å². The van der Waals surface area contributed by atoms with Crippen molar-refractivity contribution < 1.29 is 9.18 Å². The Morgan fingerprint density at radius 3 is 2.50 bits per heavy atom. The summed E-state index contributed by atoms with van der Waals surface area (Å²) in [6, 6.07) is 6.68. The molecule has 3 nitrogen and oxygen atoms in total. The zero-order valence-electron chi connectivity index (χ0n) is 10.3. The summed E-state index contributed by atoms with van der Waals surface area (Å²) in [5.41, 5.74) is 0.169. The summed E-state index contributed by atoms with van der Waals surface area (Å²) in [6.07, 6.45) is 3.79. The molecular formula is C14H17FN2O. The maximum absolute atomic E-state index is 13.8. The first-order valence-electron chi connectivity index (χ1n) is 6.53. The van der Waals surface area contributed by atoms with E-state index in [4.69, 9.17) is 0 Å². The summed E-state index contributed by atoms with van der Waals surface area (Å²) in [5, 5.41) is 3.01. The minimum absolute atomic E-state index is 0.0479. The molecule has 0 spiro atoms. The molecular weight excluding hydrogens is 231 g/mol. The monoisotopic (exact) mass is 248 g/mol. The van der Waals surface area contributed by atoms with Gasteiger partial charge in [0.25, 0.3) is 0 Å². The Bertz CT molecular complexity index is 465. The van der Waals surface area contributed by atoms with E-state index in [0.29, 0.717) is 5.56 Å². The van der Waals surface area contributed by atoms with Crippen LogP contribution < -0.4 is 5.32 Å². The Morgan fingerprint density at radius 2 is 1.89 bits per heavy atom. The van der Waals surface area contributed by atoms with Crippen LogP contribution in [-0.4, -0.2) is 24.0 Å². The molecule has 4 heteroatoms. The third kappa shape index (κ3) is 1.96. The van der Waals surface area contributed by atoms with Crippen LogP contribution in [0, 0.1) is 5.82 Å². The van der Waals surface area contributed by atoms with Gasteiger partial charge in [0.15, 0.2) is 0 Å². The molecule has 1 aliphatic carbocycles. The molecule has 2 fully saturated rings. The van der Waals surface area contributed by atoms with Gasteiger partial charge in [-0.25, -0.2) is 9.18 Å². The lowest BCUT2D eigenvalue weighted by atomic mass is 10.0. The van der Waals surface area contributed by atoms with Crippen molar-refractivity contribution in [3.05, 3.63) is 35.6 Å². The van der Waals surface area contributed by atoms with Crippen LogP contribution >= 0.6 is 0 Å². The van der Waals surface area contributed by atoms with Crippen molar-refractivity contribution in [2.45, 2.75) is 31.2 Å². The summed E-state index contributed by atoms with van der Waals surface area (Å²) in [5.74, 6) is -0.225. The molecule has 1 saturated heterocycles. The van der Waals surface area contributed by atoms with Crippen molar-refractivity contribution in [1.82, 2.24) is 10.2 Å². The number of nitrogens with one attached hydrogen (secondary N) is 1. The number of amides is 2. The molecule has 0 atom stereocenters. The number of halogens is 1. The number of urea groups is 1. The number of carbonyl (C=O) groups excluding carboxylic acids is 1. The molecule has 1 saturated carbocycles. The van der Waals surface area contributed by atoms with E-state index in [-0.39, 0.29) is 11.8 Å². The average molecular weight is 248 g/mol. The third-order valence-electron chi connectivity index (χ3n) is 3.88. The lowest BCUT2D eigenvalue weighted by Gasteiger charge is -2.23. The largest absolute Gasteiger partial charge is 0.328 e. The van der Waals surface area contributed by atoms with Gasteiger partial charge in [-0.3, -0.25) is 0 Å². The minimum atomic E-state index is -0.453. The quantitative estimate of drug-likeness (QED) is 0.857. The Kier molecular flexibility index (Phi) is 2.73. The Morgan fingerprint density at radius 1 is 1.22 bits per heavy atom. The van der Waals surface area contributed by atoms with E-state index in [0.717, 1.165) is 38.8 Å². The number of hydrogen-bond acceptors (Lipinski definition) is 1. The molecule has 2 aliphatic rings. The summed E-state index contributed by atoms with van der Waals surface area (Å²) in [6.45, 7) is 1.64. The molecule has 1 aromatic rings. The highest BCUT2D eigenvalue weighted by atomic mass is 19.1. The van der Waals surface area contributed by atoms with Crippen molar-refractivity contribution in [2.24, 2.45) is 0 Å². The van der Waals surface area contributed by atoms with Gasteiger partial charge in [-0.1, -0.05) is 18.2 Å². The van der Waals surface area contributed by atoms with Crippen LogP contribution in [0.2, 0.25) is 0 Å². The molecule has 96 valence electrons. The molecule has 1 N–H and O–H groups in total. The fourth-order valence-electron chi connectivity index (χ4n) is 2.64. The fourth-order valence-corrected chi connectivity index (χ4v) is 2.64. The highest BCUT2D eigenvalue weighted by Gasteiger charge is 2.48. The summed E-state index contributed by atoms with van der Waals surface area (Å²) in [4.78, 5) is 13.9. The standard InChI is InChI=1S/C14H17FN2O/c15-12-6-2-1-5-11(12)14(7-8-14)16-13(18)17-9-3-4-10-17/h1-2,5-6H,3-4,7-10H2,(H,16,18). The van der Waals surface area contributed by atoms with Gasteiger partial charge < -0.3 is 10.2 Å². The predicted molar refractivity (Wildman–Crippen MR) is 66.7 cm³/mol. The molecule has 0 radical (unpaired) electrons. The topological polar surface area (TPSA) is 32.3 Å². The number of rotatable bonds is 2. The molecule has 18 heavy (non-hydrogen) atoms. The van der Waals surface area contributed by atoms with Gasteiger partial charge in [0, 0.05) is 18.7 Å². The first-order valence-corrected chi connectivity index (χ1v) is 6.53. The second kappa shape index (κ2) is 4.26. The van der Waals surface area contributed by atoms with E-state index < -0.39 is 5.54 Å². The van der Waals surface area contributed by atoms with E-state index in [2.05, 4.69) is 5.32 Å². The maximum atomic E-state index is 13.8. The van der Waals surface area contributed by atoms with Crippen LogP contribution in [0.25, 0.3) is 0 Å². The van der Waals surface area contributed by atoms with Crippen molar-refractivity contribution in [3.63, 3.8) is 0 Å². The smallest absolute Gasteiger partial charge is 0.318 e. The second-order valence-corrected chi connectivity index (χ2v) is 5.19. The Balaban J connectivity index is 1.75. The van der Waals surface area contributed by atoms with Gasteiger partial charge in [0.05, 0.1) is 5.54 Å². The van der Waals surface area contributed by atoms with Gasteiger partial charge in [-0.05, 0) is 31.7 Å². The van der Waals surface area contributed by atoms with Gasteiger partial charge in [-0.2, -0.15) is 0 Å². The number of carbonyl (C=O) groups is 1. The first-order chi connectivity index (χ1) is 8.71. The summed E-state index contributed by atoms with van der Waals surface area (Å²) >= 11 is 0. The second-order valence-electron chi connectivity index (χ2n) is 5.19. The van der Waals surface area contributed by atoms with Crippen LogP contribution in [0.4, 0.5) is 9.18 Å². The predicted octanol–water partition coefficient (Wildman–Crippen LogP) is 2.62. The SMILES string of the molecule is O=C(NC1(c2ccccc2F)CC1)N1CCCC1. The zero-order valence-corrected chi connectivity index (χ0v) is 10.3. The average Bonchev–Trinajstić information content (AvgIpc) is 2.94. The molecule has 0 aromatic heterocycles. The van der Waals surface area contributed by atoms with Gasteiger partial charge >= 0.3 is 6.03 Å². The van der Waals surface area contributed by atoms with Crippen molar-refractivity contribution in [2.75, 3.05) is 13.1 Å². The number of nitrogens with zero attached hydrogens (tertiary/aromatic N) is 1. The van der Waals surface area contributed by atoms with Crippen LogP contribution in [-0.2, 0) is 5.54 Å². The van der Waals surface area contributed by atoms with Crippen LogP contribution in [0.5, 0.6) is 0 Å². The Labute approximate surface area is 106 Å². The van der Waals surface area contributed by atoms with E-state index in [1.165, 1.54) is 6.07 Å². The van der Waals surface area contributed by atoms with Crippen molar-refractivity contribution in [3.8, 4) is 0 Å².